The van der Waals surface area contributed by atoms with Crippen molar-refractivity contribution in [1.29, 1.82) is 0 Å². The van der Waals surface area contributed by atoms with Gasteiger partial charge in [0.1, 0.15) is 0 Å². The number of allylic oxidation sites excluding steroid dienone is 1. The van der Waals surface area contributed by atoms with Crippen LogP contribution in [0.15, 0.2) is 77.7 Å². The van der Waals surface area contributed by atoms with Gasteiger partial charge in [0.25, 0.3) is 0 Å². The van der Waals surface area contributed by atoms with Crippen LogP contribution in [0.3, 0.4) is 0 Å². The predicted molar refractivity (Wildman–Crippen MR) is 138 cm³/mol. The minimum Gasteiger partial charge on any atom is -0.493 e. The minimum absolute atomic E-state index is 0.354. The molecule has 6 heteroatoms. The number of nitrogens with zero attached hydrogens (tertiary/aromatic N) is 1. The zero-order valence-corrected chi connectivity index (χ0v) is 20.0. The van der Waals surface area contributed by atoms with E-state index in [9.17, 15) is 4.79 Å². The number of pyridine rings is 1. The van der Waals surface area contributed by atoms with Crippen molar-refractivity contribution in [2.24, 2.45) is 5.92 Å². The third kappa shape index (κ3) is 4.47. The van der Waals surface area contributed by atoms with Crippen LogP contribution in [0.5, 0.6) is 5.75 Å². The Labute approximate surface area is 208 Å². The number of hydrogen-bond donors (Lipinski definition) is 1. The van der Waals surface area contributed by atoms with Crippen LogP contribution in [0.4, 0.5) is 0 Å². The van der Waals surface area contributed by atoms with Crippen LogP contribution in [0, 0.1) is 5.92 Å². The van der Waals surface area contributed by atoms with E-state index in [-0.39, 0.29) is 0 Å². The highest BCUT2D eigenvalue weighted by Crippen LogP contribution is 2.48. The number of carboxylic acid groups (broad SMARTS) is 1. The molecule has 0 spiro atoms. The molecule has 5 rings (SSSR count). The smallest absolute Gasteiger partial charge is 0.328 e. The molecular weight excluding hydrogens is 462 g/mol. The number of furan rings is 1. The summed E-state index contributed by atoms with van der Waals surface area (Å²) in [4.78, 5) is 15.1. The van der Waals surface area contributed by atoms with Crippen molar-refractivity contribution in [3.05, 3.63) is 101 Å². The summed E-state index contributed by atoms with van der Waals surface area (Å²) in [6, 6.07) is 15.7. The molecule has 1 N–H and O–H groups in total. The van der Waals surface area contributed by atoms with E-state index in [0.717, 1.165) is 52.1 Å². The maximum atomic E-state index is 10.9. The van der Waals surface area contributed by atoms with Crippen molar-refractivity contribution in [2.75, 3.05) is 7.11 Å². The van der Waals surface area contributed by atoms with E-state index in [1.807, 2.05) is 48.5 Å². The van der Waals surface area contributed by atoms with Crippen molar-refractivity contribution in [3.8, 4) is 5.75 Å². The highest BCUT2D eigenvalue weighted by atomic mass is 35.5. The second-order valence-corrected chi connectivity index (χ2v) is 8.96. The Hall–Kier alpha value is -3.83. The molecule has 2 aromatic heterocycles. The van der Waals surface area contributed by atoms with Crippen molar-refractivity contribution < 1.29 is 19.1 Å². The van der Waals surface area contributed by atoms with Crippen molar-refractivity contribution in [3.63, 3.8) is 0 Å². The number of carbonyl (C=O) groups is 1. The summed E-state index contributed by atoms with van der Waals surface area (Å²) in [7, 11) is 1.63. The Morgan fingerprint density at radius 2 is 1.94 bits per heavy atom. The molecule has 0 bridgehead atoms. The molecule has 1 fully saturated rings. The number of carboxylic acids is 1. The van der Waals surface area contributed by atoms with Crippen molar-refractivity contribution >= 4 is 45.8 Å². The first-order valence-corrected chi connectivity index (χ1v) is 11.8. The Balaban J connectivity index is 1.79. The highest BCUT2D eigenvalue weighted by molar-refractivity contribution is 6.32. The van der Waals surface area contributed by atoms with E-state index < -0.39 is 5.97 Å². The molecule has 0 radical (unpaired) electrons. The van der Waals surface area contributed by atoms with E-state index >= 15 is 0 Å². The van der Waals surface area contributed by atoms with Crippen LogP contribution in [-0.2, 0) is 4.79 Å². The van der Waals surface area contributed by atoms with Gasteiger partial charge in [-0.1, -0.05) is 54.4 Å². The molecule has 35 heavy (non-hydrogen) atoms. The quantitative estimate of drug-likeness (QED) is 0.277. The van der Waals surface area contributed by atoms with Gasteiger partial charge in [0.15, 0.2) is 11.3 Å². The summed E-state index contributed by atoms with van der Waals surface area (Å²) >= 11 is 6.69. The topological polar surface area (TPSA) is 72.6 Å². The average molecular weight is 486 g/mol. The lowest BCUT2D eigenvalue weighted by Gasteiger charge is -2.31. The molecule has 176 valence electrons. The van der Waals surface area contributed by atoms with Gasteiger partial charge in [0, 0.05) is 35.0 Å². The van der Waals surface area contributed by atoms with Gasteiger partial charge in [-0.2, -0.15) is 0 Å². The number of rotatable bonds is 7. The van der Waals surface area contributed by atoms with E-state index in [1.54, 1.807) is 31.8 Å². The Bertz CT molecular complexity index is 1450. The SMILES string of the molecule is COc1cccc2c(/C(=C(/c3ccncc3Cl)C3CCC3)c3ccc(/C=C/C(=O)O)cc3)coc12. The van der Waals surface area contributed by atoms with Crippen LogP contribution in [0.1, 0.15) is 41.5 Å². The highest BCUT2D eigenvalue weighted by Gasteiger charge is 2.30. The number of aliphatic carboxylic acids is 1. The summed E-state index contributed by atoms with van der Waals surface area (Å²) < 4.78 is 11.6. The van der Waals surface area contributed by atoms with Crippen LogP contribution in [-0.4, -0.2) is 23.2 Å². The molecule has 1 aliphatic rings. The molecule has 0 saturated heterocycles. The number of benzene rings is 2. The van der Waals surface area contributed by atoms with Crippen molar-refractivity contribution in [1.82, 2.24) is 4.98 Å². The zero-order chi connectivity index (χ0) is 24.4. The molecule has 0 unspecified atom stereocenters. The molecule has 0 amide bonds. The Kier molecular flexibility index (Phi) is 6.43. The van der Waals surface area contributed by atoms with E-state index in [0.29, 0.717) is 22.3 Å². The number of halogens is 1. The summed E-state index contributed by atoms with van der Waals surface area (Å²) in [5.74, 6) is 0.0505. The Morgan fingerprint density at radius 1 is 1.14 bits per heavy atom. The largest absolute Gasteiger partial charge is 0.493 e. The van der Waals surface area contributed by atoms with Gasteiger partial charge < -0.3 is 14.3 Å². The second kappa shape index (κ2) is 9.80. The molecule has 0 aliphatic heterocycles. The summed E-state index contributed by atoms with van der Waals surface area (Å²) in [6.45, 7) is 0. The van der Waals surface area contributed by atoms with Gasteiger partial charge in [-0.15, -0.1) is 0 Å². The molecule has 4 aromatic rings. The average Bonchev–Trinajstić information content (AvgIpc) is 3.26. The fraction of sp³-hybridized carbons (Fsp3) is 0.172. The molecule has 2 aromatic carbocycles. The first-order valence-electron chi connectivity index (χ1n) is 11.5. The number of hydrogen-bond acceptors (Lipinski definition) is 4. The first-order chi connectivity index (χ1) is 17.1. The number of aromatic nitrogens is 1. The fourth-order valence-corrected chi connectivity index (χ4v) is 4.84. The van der Waals surface area contributed by atoms with E-state index in [4.69, 9.17) is 25.9 Å². The standard InChI is InChI=1S/C29H24ClNO4/c1-34-25-7-3-6-21-23(17-35-29(21)25)28(20-11-8-18(9-12-20)10-13-26(32)33)27(19-4-2-5-19)22-14-15-31-16-24(22)30/h3,6-17,19H,2,4-5H2,1H3,(H,32,33)/b13-10+,28-27+. The number of para-hydroxylation sites is 1. The van der Waals surface area contributed by atoms with Gasteiger partial charge in [-0.3, -0.25) is 4.98 Å². The molecule has 2 heterocycles. The molecule has 1 saturated carbocycles. The number of fused-ring (bicyclic) bond motifs is 1. The van der Waals surface area contributed by atoms with Crippen molar-refractivity contribution in [2.45, 2.75) is 19.3 Å². The van der Waals surface area contributed by atoms with Gasteiger partial charge in [-0.25, -0.2) is 4.79 Å². The van der Waals surface area contributed by atoms with Crippen LogP contribution in [0.25, 0.3) is 28.2 Å². The normalized spacial score (nSPS) is 14.7. The lowest BCUT2D eigenvalue weighted by Crippen LogP contribution is -2.15. The van der Waals surface area contributed by atoms with Gasteiger partial charge in [-0.05, 0) is 59.2 Å². The van der Waals surface area contributed by atoms with Crippen LogP contribution in [0.2, 0.25) is 5.02 Å². The lowest BCUT2D eigenvalue weighted by atomic mass is 9.73. The lowest BCUT2D eigenvalue weighted by molar-refractivity contribution is -0.131. The fourth-order valence-electron chi connectivity index (χ4n) is 4.62. The third-order valence-corrected chi connectivity index (χ3v) is 6.82. The minimum atomic E-state index is -0.979. The first kappa shape index (κ1) is 22.9. The molecule has 0 atom stereocenters. The predicted octanol–water partition coefficient (Wildman–Crippen LogP) is 7.35. The third-order valence-electron chi connectivity index (χ3n) is 6.52. The summed E-state index contributed by atoms with van der Waals surface area (Å²) in [5.41, 5.74) is 6.64. The monoisotopic (exact) mass is 485 g/mol. The summed E-state index contributed by atoms with van der Waals surface area (Å²) in [6.07, 6.45) is 11.3. The van der Waals surface area contributed by atoms with Gasteiger partial charge in [0.05, 0.1) is 18.4 Å². The van der Waals surface area contributed by atoms with Crippen LogP contribution < -0.4 is 4.74 Å². The summed E-state index contributed by atoms with van der Waals surface area (Å²) in [5, 5.41) is 10.5. The maximum absolute atomic E-state index is 10.9. The zero-order valence-electron chi connectivity index (χ0n) is 19.2. The number of ether oxygens (including phenoxy) is 1. The number of methoxy groups -OCH3 is 1. The molecular formula is C29H24ClNO4. The molecule has 5 nitrogen and oxygen atoms in total. The van der Waals surface area contributed by atoms with Gasteiger partial charge in [0.2, 0.25) is 0 Å². The second-order valence-electron chi connectivity index (χ2n) is 8.55. The van der Waals surface area contributed by atoms with E-state index in [2.05, 4.69) is 4.98 Å². The Morgan fingerprint density at radius 3 is 2.60 bits per heavy atom. The van der Waals surface area contributed by atoms with Gasteiger partial charge >= 0.3 is 5.97 Å². The van der Waals surface area contributed by atoms with Crippen LogP contribution >= 0.6 is 11.6 Å². The molecule has 1 aliphatic carbocycles. The maximum Gasteiger partial charge on any atom is 0.328 e. The van der Waals surface area contributed by atoms with E-state index in [1.165, 1.54) is 12.0 Å².